The topological polar surface area (TPSA) is 72.1 Å². The third-order valence-electron chi connectivity index (χ3n) is 2.34. The van der Waals surface area contributed by atoms with Gasteiger partial charge in [0.25, 0.3) is 5.91 Å². The molecule has 2 rings (SSSR count). The summed E-state index contributed by atoms with van der Waals surface area (Å²) in [7, 11) is 1.68. The first-order chi connectivity index (χ1) is 9.08. The number of halogens is 1. The van der Waals surface area contributed by atoms with Crippen LogP contribution in [-0.2, 0) is 13.6 Å². The molecule has 2 heterocycles. The SMILES string of the molecule is Cn1ncc(Br)c1C(=O)NC(=S)NCc1ccco1. The number of carbonyl (C=O) groups excluding carboxylic acids is 1. The van der Waals surface area contributed by atoms with Crippen LogP contribution in [0.3, 0.4) is 0 Å². The van der Waals surface area contributed by atoms with Crippen molar-refractivity contribution in [2.24, 2.45) is 7.05 Å². The molecule has 0 aliphatic carbocycles. The van der Waals surface area contributed by atoms with Crippen molar-refractivity contribution in [1.29, 1.82) is 0 Å². The normalized spacial score (nSPS) is 10.2. The van der Waals surface area contributed by atoms with E-state index in [2.05, 4.69) is 31.7 Å². The van der Waals surface area contributed by atoms with E-state index < -0.39 is 0 Å². The molecule has 2 N–H and O–H groups in total. The van der Waals surface area contributed by atoms with Crippen molar-refractivity contribution in [3.8, 4) is 0 Å². The Morgan fingerprint density at radius 1 is 1.63 bits per heavy atom. The van der Waals surface area contributed by atoms with Gasteiger partial charge in [0.05, 0.1) is 23.5 Å². The van der Waals surface area contributed by atoms with Gasteiger partial charge in [-0.1, -0.05) is 0 Å². The molecule has 0 spiro atoms. The van der Waals surface area contributed by atoms with Crippen LogP contribution in [0, 0.1) is 0 Å². The molecule has 2 aromatic heterocycles. The van der Waals surface area contributed by atoms with Gasteiger partial charge >= 0.3 is 0 Å². The highest BCUT2D eigenvalue weighted by molar-refractivity contribution is 9.10. The third kappa shape index (κ3) is 3.42. The standard InChI is InChI=1S/C11H11BrN4O2S/c1-16-9(8(12)6-14-16)10(17)15-11(19)13-5-7-3-2-4-18-7/h2-4,6H,5H2,1H3,(H2,13,15,17,19). The number of hydrogen-bond donors (Lipinski definition) is 2. The van der Waals surface area contributed by atoms with Crippen molar-refractivity contribution in [3.63, 3.8) is 0 Å². The van der Waals surface area contributed by atoms with Crippen LogP contribution >= 0.6 is 28.1 Å². The summed E-state index contributed by atoms with van der Waals surface area (Å²) in [6.07, 6.45) is 3.12. The van der Waals surface area contributed by atoms with E-state index in [1.807, 2.05) is 6.07 Å². The molecule has 0 saturated heterocycles. The summed E-state index contributed by atoms with van der Waals surface area (Å²) >= 11 is 8.29. The summed E-state index contributed by atoms with van der Waals surface area (Å²) in [5.41, 5.74) is 0.405. The van der Waals surface area contributed by atoms with Crippen molar-refractivity contribution in [3.05, 3.63) is 40.5 Å². The van der Waals surface area contributed by atoms with E-state index in [9.17, 15) is 4.79 Å². The summed E-state index contributed by atoms with van der Waals surface area (Å²) in [5, 5.41) is 9.65. The summed E-state index contributed by atoms with van der Waals surface area (Å²) < 4.78 is 7.22. The molecule has 2 aromatic rings. The zero-order valence-electron chi connectivity index (χ0n) is 10.0. The number of aryl methyl sites for hydroxylation is 1. The predicted octanol–water partition coefficient (Wildman–Crippen LogP) is 1.58. The highest BCUT2D eigenvalue weighted by Crippen LogP contribution is 2.14. The lowest BCUT2D eigenvalue weighted by Crippen LogP contribution is -2.39. The van der Waals surface area contributed by atoms with Crippen LogP contribution in [-0.4, -0.2) is 20.8 Å². The Morgan fingerprint density at radius 3 is 3.00 bits per heavy atom. The fourth-order valence-corrected chi connectivity index (χ4v) is 2.15. The number of carbonyl (C=O) groups is 1. The number of nitrogens with zero attached hydrogens (tertiary/aromatic N) is 2. The molecule has 0 aromatic carbocycles. The smallest absolute Gasteiger partial charge is 0.276 e. The Kier molecular flexibility index (Phi) is 4.33. The summed E-state index contributed by atoms with van der Waals surface area (Å²) in [4.78, 5) is 12.0. The second-order valence-electron chi connectivity index (χ2n) is 3.68. The first-order valence-corrected chi connectivity index (χ1v) is 6.57. The van der Waals surface area contributed by atoms with E-state index >= 15 is 0 Å². The fourth-order valence-electron chi connectivity index (χ4n) is 1.45. The maximum Gasteiger partial charge on any atom is 0.276 e. The lowest BCUT2D eigenvalue weighted by Gasteiger charge is -2.08. The molecular weight excluding hydrogens is 332 g/mol. The molecule has 8 heteroatoms. The molecule has 0 aliphatic rings. The van der Waals surface area contributed by atoms with Gasteiger partial charge in [0.15, 0.2) is 5.11 Å². The van der Waals surface area contributed by atoms with Crippen LogP contribution in [0.1, 0.15) is 16.2 Å². The van der Waals surface area contributed by atoms with Gasteiger partial charge in [-0.3, -0.25) is 14.8 Å². The lowest BCUT2D eigenvalue weighted by atomic mass is 10.4. The van der Waals surface area contributed by atoms with Crippen molar-refractivity contribution < 1.29 is 9.21 Å². The summed E-state index contributed by atoms with van der Waals surface area (Å²) in [6.45, 7) is 0.415. The number of thiocarbonyl (C=S) groups is 1. The predicted molar refractivity (Wildman–Crippen MR) is 76.5 cm³/mol. The van der Waals surface area contributed by atoms with E-state index in [0.29, 0.717) is 16.7 Å². The van der Waals surface area contributed by atoms with Crippen LogP contribution in [0.2, 0.25) is 0 Å². The number of hydrogen-bond acceptors (Lipinski definition) is 4. The molecule has 19 heavy (non-hydrogen) atoms. The Hall–Kier alpha value is -1.67. The van der Waals surface area contributed by atoms with Crippen LogP contribution in [0.5, 0.6) is 0 Å². The second kappa shape index (κ2) is 5.98. The Labute approximate surface area is 123 Å². The minimum atomic E-state index is -0.330. The monoisotopic (exact) mass is 342 g/mol. The molecule has 0 aliphatic heterocycles. The van der Waals surface area contributed by atoms with Crippen molar-refractivity contribution in [2.45, 2.75) is 6.54 Å². The minimum absolute atomic E-state index is 0.231. The maximum absolute atomic E-state index is 12.0. The molecule has 0 saturated carbocycles. The van der Waals surface area contributed by atoms with Crippen LogP contribution < -0.4 is 10.6 Å². The summed E-state index contributed by atoms with van der Waals surface area (Å²) in [6, 6.07) is 3.60. The molecule has 0 bridgehead atoms. The van der Waals surface area contributed by atoms with Gasteiger partial charge < -0.3 is 9.73 Å². The van der Waals surface area contributed by atoms with Gasteiger partial charge in [0.1, 0.15) is 11.5 Å². The Bertz CT molecular complexity index is 574. The average molecular weight is 343 g/mol. The van der Waals surface area contributed by atoms with E-state index in [1.54, 1.807) is 25.6 Å². The van der Waals surface area contributed by atoms with E-state index in [1.165, 1.54) is 4.68 Å². The Morgan fingerprint density at radius 2 is 2.42 bits per heavy atom. The zero-order valence-corrected chi connectivity index (χ0v) is 12.4. The highest BCUT2D eigenvalue weighted by Gasteiger charge is 2.16. The van der Waals surface area contributed by atoms with Crippen LogP contribution in [0.25, 0.3) is 0 Å². The van der Waals surface area contributed by atoms with Gasteiger partial charge in [0.2, 0.25) is 0 Å². The molecule has 0 unspecified atom stereocenters. The minimum Gasteiger partial charge on any atom is -0.467 e. The van der Waals surface area contributed by atoms with E-state index in [-0.39, 0.29) is 11.0 Å². The Balaban J connectivity index is 1.90. The highest BCUT2D eigenvalue weighted by atomic mass is 79.9. The number of amides is 1. The lowest BCUT2D eigenvalue weighted by molar-refractivity contribution is 0.0966. The molecule has 6 nitrogen and oxygen atoms in total. The first-order valence-electron chi connectivity index (χ1n) is 5.37. The molecular formula is C11H11BrN4O2S. The van der Waals surface area contributed by atoms with E-state index in [0.717, 1.165) is 5.76 Å². The van der Waals surface area contributed by atoms with Gasteiger partial charge in [0, 0.05) is 7.05 Å². The second-order valence-corrected chi connectivity index (χ2v) is 4.94. The van der Waals surface area contributed by atoms with Crippen LogP contribution in [0.15, 0.2) is 33.5 Å². The molecule has 1 amide bonds. The number of aromatic nitrogens is 2. The van der Waals surface area contributed by atoms with Gasteiger partial charge in [-0.25, -0.2) is 0 Å². The van der Waals surface area contributed by atoms with Crippen molar-refractivity contribution >= 4 is 39.2 Å². The molecule has 0 fully saturated rings. The van der Waals surface area contributed by atoms with Crippen LogP contribution in [0.4, 0.5) is 0 Å². The zero-order chi connectivity index (χ0) is 13.8. The van der Waals surface area contributed by atoms with Crippen molar-refractivity contribution in [1.82, 2.24) is 20.4 Å². The van der Waals surface area contributed by atoms with Gasteiger partial charge in [-0.05, 0) is 40.3 Å². The van der Waals surface area contributed by atoms with Gasteiger partial charge in [-0.2, -0.15) is 5.10 Å². The summed E-state index contributed by atoms with van der Waals surface area (Å²) in [5.74, 6) is 0.405. The molecule has 0 atom stereocenters. The van der Waals surface area contributed by atoms with Crippen molar-refractivity contribution in [2.75, 3.05) is 0 Å². The largest absolute Gasteiger partial charge is 0.467 e. The van der Waals surface area contributed by atoms with E-state index in [4.69, 9.17) is 16.6 Å². The quantitative estimate of drug-likeness (QED) is 0.828. The number of furan rings is 1. The fraction of sp³-hybridized carbons (Fsp3) is 0.182. The average Bonchev–Trinajstić information content (AvgIpc) is 2.97. The number of nitrogens with one attached hydrogen (secondary N) is 2. The third-order valence-corrected chi connectivity index (χ3v) is 3.17. The molecule has 100 valence electrons. The maximum atomic E-state index is 12.0. The van der Waals surface area contributed by atoms with Gasteiger partial charge in [-0.15, -0.1) is 0 Å². The first kappa shape index (κ1) is 13.8. The molecule has 0 radical (unpaired) electrons. The number of rotatable bonds is 3.